The van der Waals surface area contributed by atoms with Gasteiger partial charge in [0.05, 0.1) is 14.5 Å². The normalized spacial score (nSPS) is 11.7. The highest BCUT2D eigenvalue weighted by atomic mass is 79.9. The molecule has 3 nitrogen and oxygen atoms in total. The fourth-order valence-electron chi connectivity index (χ4n) is 0.889. The Labute approximate surface area is 88.9 Å². The highest BCUT2D eigenvalue weighted by Crippen LogP contribution is 2.33. The Morgan fingerprint density at radius 1 is 1.62 bits per heavy atom. The van der Waals surface area contributed by atoms with E-state index in [1.807, 2.05) is 6.92 Å². The molecular formula is C8H10BrNO2S. The summed E-state index contributed by atoms with van der Waals surface area (Å²) in [4.78, 5) is 15.1. The van der Waals surface area contributed by atoms with Crippen LogP contribution >= 0.6 is 27.3 Å². The molecule has 0 bridgehead atoms. The fourth-order valence-corrected chi connectivity index (χ4v) is 2.97. The van der Waals surface area contributed by atoms with E-state index in [1.54, 1.807) is 13.8 Å². The Hall–Kier alpha value is -0.420. The smallest absolute Gasteiger partial charge is 0.315 e. The standard InChI is InChI=1S/C8H10BrNO2S/c1-4-10-5(6(9)13-4)8(2,3)7(11)12/h1-3H3,(H,11,12). The molecule has 0 aliphatic rings. The van der Waals surface area contributed by atoms with Gasteiger partial charge in [-0.1, -0.05) is 0 Å². The van der Waals surface area contributed by atoms with E-state index in [-0.39, 0.29) is 0 Å². The van der Waals surface area contributed by atoms with Crippen molar-refractivity contribution in [1.29, 1.82) is 0 Å². The zero-order valence-corrected chi connectivity index (χ0v) is 9.99. The summed E-state index contributed by atoms with van der Waals surface area (Å²) in [5.74, 6) is -0.862. The lowest BCUT2D eigenvalue weighted by Gasteiger charge is -2.16. The number of aromatic nitrogens is 1. The molecule has 5 heteroatoms. The van der Waals surface area contributed by atoms with Gasteiger partial charge in [-0.05, 0) is 36.7 Å². The Kier molecular flexibility index (Phi) is 2.77. The molecule has 0 aliphatic heterocycles. The first kappa shape index (κ1) is 10.7. The van der Waals surface area contributed by atoms with E-state index < -0.39 is 11.4 Å². The van der Waals surface area contributed by atoms with E-state index in [2.05, 4.69) is 20.9 Å². The van der Waals surface area contributed by atoms with Crippen molar-refractivity contribution in [1.82, 2.24) is 4.98 Å². The van der Waals surface area contributed by atoms with Gasteiger partial charge in [0, 0.05) is 0 Å². The summed E-state index contributed by atoms with van der Waals surface area (Å²) < 4.78 is 0.803. The molecule has 1 rings (SSSR count). The summed E-state index contributed by atoms with van der Waals surface area (Å²) in [5, 5.41) is 9.84. The number of aryl methyl sites for hydroxylation is 1. The molecule has 0 aliphatic carbocycles. The van der Waals surface area contributed by atoms with Crippen molar-refractivity contribution in [2.24, 2.45) is 0 Å². The highest BCUT2D eigenvalue weighted by Gasteiger charge is 2.34. The van der Waals surface area contributed by atoms with Crippen molar-refractivity contribution in [3.63, 3.8) is 0 Å². The van der Waals surface area contributed by atoms with Gasteiger partial charge in [-0.15, -0.1) is 11.3 Å². The summed E-state index contributed by atoms with van der Waals surface area (Å²) >= 11 is 4.77. The maximum atomic E-state index is 10.9. The van der Waals surface area contributed by atoms with Crippen LogP contribution in [0.4, 0.5) is 0 Å². The van der Waals surface area contributed by atoms with Gasteiger partial charge in [0.2, 0.25) is 0 Å². The molecule has 0 fully saturated rings. The molecule has 0 radical (unpaired) electrons. The molecule has 1 aromatic rings. The number of hydrogen-bond acceptors (Lipinski definition) is 3. The van der Waals surface area contributed by atoms with Gasteiger partial charge in [-0.3, -0.25) is 4.79 Å². The molecule has 72 valence electrons. The van der Waals surface area contributed by atoms with E-state index >= 15 is 0 Å². The van der Waals surface area contributed by atoms with E-state index in [9.17, 15) is 4.79 Å². The number of rotatable bonds is 2. The number of thiazole rings is 1. The van der Waals surface area contributed by atoms with Crippen LogP contribution in [0.5, 0.6) is 0 Å². The summed E-state index contributed by atoms with van der Waals surface area (Å²) in [6.07, 6.45) is 0. The third-order valence-electron chi connectivity index (χ3n) is 1.82. The molecule has 0 saturated carbocycles. The molecule has 0 amide bonds. The summed E-state index contributed by atoms with van der Waals surface area (Å²) in [7, 11) is 0. The zero-order valence-electron chi connectivity index (χ0n) is 7.59. The monoisotopic (exact) mass is 263 g/mol. The third-order valence-corrected chi connectivity index (χ3v) is 3.44. The first-order valence-corrected chi connectivity index (χ1v) is 5.33. The minimum absolute atomic E-state index is 0.600. The minimum atomic E-state index is -0.927. The van der Waals surface area contributed by atoms with Gasteiger partial charge < -0.3 is 5.11 Å². The number of nitrogens with zero attached hydrogens (tertiary/aromatic N) is 1. The van der Waals surface area contributed by atoms with Gasteiger partial charge in [0.1, 0.15) is 5.41 Å². The molecule has 0 aromatic carbocycles. The largest absolute Gasteiger partial charge is 0.481 e. The number of carboxylic acids is 1. The van der Waals surface area contributed by atoms with Gasteiger partial charge in [0.15, 0.2) is 0 Å². The predicted molar refractivity (Wildman–Crippen MR) is 55.2 cm³/mol. The van der Waals surface area contributed by atoms with Crippen molar-refractivity contribution in [2.75, 3.05) is 0 Å². The van der Waals surface area contributed by atoms with Crippen LogP contribution in [0.3, 0.4) is 0 Å². The maximum absolute atomic E-state index is 10.9. The van der Waals surface area contributed by atoms with E-state index in [1.165, 1.54) is 11.3 Å². The fraction of sp³-hybridized carbons (Fsp3) is 0.500. The maximum Gasteiger partial charge on any atom is 0.315 e. The van der Waals surface area contributed by atoms with Crippen molar-refractivity contribution < 1.29 is 9.90 Å². The lowest BCUT2D eigenvalue weighted by Crippen LogP contribution is -2.29. The predicted octanol–water partition coefficient (Wildman–Crippen LogP) is 2.58. The van der Waals surface area contributed by atoms with Gasteiger partial charge >= 0.3 is 5.97 Å². The molecule has 13 heavy (non-hydrogen) atoms. The third kappa shape index (κ3) is 1.91. The lowest BCUT2D eigenvalue weighted by molar-refractivity contribution is -0.142. The lowest BCUT2D eigenvalue weighted by atomic mass is 9.90. The number of aliphatic carboxylic acids is 1. The molecular weight excluding hydrogens is 254 g/mol. The molecule has 0 spiro atoms. The van der Waals surface area contributed by atoms with Gasteiger partial charge in [-0.2, -0.15) is 0 Å². The van der Waals surface area contributed by atoms with Crippen LogP contribution in [0.1, 0.15) is 24.5 Å². The van der Waals surface area contributed by atoms with Crippen LogP contribution in [-0.2, 0) is 10.2 Å². The van der Waals surface area contributed by atoms with Crippen LogP contribution in [0.15, 0.2) is 3.79 Å². The van der Waals surface area contributed by atoms with Crippen molar-refractivity contribution >= 4 is 33.2 Å². The molecule has 1 aromatic heterocycles. The Balaban J connectivity index is 3.21. The number of carboxylic acid groups (broad SMARTS) is 1. The number of halogens is 1. The van der Waals surface area contributed by atoms with Crippen LogP contribution in [0.2, 0.25) is 0 Å². The Morgan fingerprint density at radius 2 is 2.15 bits per heavy atom. The summed E-state index contributed by atoms with van der Waals surface area (Å²) in [6.45, 7) is 5.15. The number of carbonyl (C=O) groups is 1. The summed E-state index contributed by atoms with van der Waals surface area (Å²) in [6, 6.07) is 0. The molecule has 0 unspecified atom stereocenters. The SMILES string of the molecule is Cc1nc(C(C)(C)C(=O)O)c(Br)s1. The van der Waals surface area contributed by atoms with Crippen molar-refractivity contribution in [2.45, 2.75) is 26.2 Å². The minimum Gasteiger partial charge on any atom is -0.481 e. The zero-order chi connectivity index (χ0) is 10.2. The molecule has 1 heterocycles. The Morgan fingerprint density at radius 3 is 2.46 bits per heavy atom. The second-order valence-corrected chi connectivity index (χ2v) is 5.81. The topological polar surface area (TPSA) is 50.2 Å². The molecule has 0 atom stereocenters. The van der Waals surface area contributed by atoms with Crippen LogP contribution in [-0.4, -0.2) is 16.1 Å². The second kappa shape index (κ2) is 3.38. The number of hydrogen-bond donors (Lipinski definition) is 1. The molecule has 1 N–H and O–H groups in total. The summed E-state index contributed by atoms with van der Waals surface area (Å²) in [5.41, 5.74) is -0.327. The quantitative estimate of drug-likeness (QED) is 0.893. The van der Waals surface area contributed by atoms with Gasteiger partial charge in [-0.25, -0.2) is 4.98 Å². The van der Waals surface area contributed by atoms with E-state index in [4.69, 9.17) is 5.11 Å². The average Bonchev–Trinajstić information content (AvgIpc) is 2.30. The van der Waals surface area contributed by atoms with Crippen LogP contribution in [0.25, 0.3) is 0 Å². The second-order valence-electron chi connectivity index (χ2n) is 3.29. The highest BCUT2D eigenvalue weighted by molar-refractivity contribution is 9.11. The van der Waals surface area contributed by atoms with Crippen molar-refractivity contribution in [3.8, 4) is 0 Å². The Bertz CT molecular complexity index is 346. The van der Waals surface area contributed by atoms with Crippen molar-refractivity contribution in [3.05, 3.63) is 14.5 Å². The molecule has 0 saturated heterocycles. The van der Waals surface area contributed by atoms with E-state index in [0.29, 0.717) is 5.69 Å². The van der Waals surface area contributed by atoms with Crippen LogP contribution < -0.4 is 0 Å². The van der Waals surface area contributed by atoms with E-state index in [0.717, 1.165) is 8.79 Å². The average molecular weight is 264 g/mol. The first-order valence-electron chi connectivity index (χ1n) is 3.72. The first-order chi connectivity index (χ1) is 5.85. The van der Waals surface area contributed by atoms with Gasteiger partial charge in [0.25, 0.3) is 0 Å². The van der Waals surface area contributed by atoms with Crippen LogP contribution in [0, 0.1) is 6.92 Å².